The molecule has 1 saturated carbocycles. The quantitative estimate of drug-likeness (QED) is 0.775. The number of pyridine rings is 1. The van der Waals surface area contributed by atoms with Crippen molar-refractivity contribution in [2.45, 2.75) is 24.1 Å². The van der Waals surface area contributed by atoms with Crippen molar-refractivity contribution in [3.8, 4) is 0 Å². The Labute approximate surface area is 102 Å². The molecule has 1 fully saturated rings. The van der Waals surface area contributed by atoms with Gasteiger partial charge >= 0.3 is 0 Å². The molecule has 0 bridgehead atoms. The number of hydrogen-bond donors (Lipinski definition) is 0. The van der Waals surface area contributed by atoms with Gasteiger partial charge in [0.25, 0.3) is 0 Å². The highest BCUT2D eigenvalue weighted by atomic mass is 79.9. The van der Waals surface area contributed by atoms with Crippen LogP contribution in [0.15, 0.2) is 23.7 Å². The summed E-state index contributed by atoms with van der Waals surface area (Å²) in [5, 5.41) is 3.49. The highest BCUT2D eigenvalue weighted by molar-refractivity contribution is 9.09. The first kappa shape index (κ1) is 9.79. The van der Waals surface area contributed by atoms with Gasteiger partial charge in [-0.3, -0.25) is 4.98 Å². The van der Waals surface area contributed by atoms with E-state index in [-0.39, 0.29) is 0 Å². The molecule has 1 unspecified atom stereocenters. The van der Waals surface area contributed by atoms with Gasteiger partial charge in [-0.15, -0.1) is 11.3 Å². The fourth-order valence-corrected chi connectivity index (χ4v) is 3.56. The molecule has 2 heterocycles. The average molecular weight is 282 g/mol. The maximum atomic E-state index is 4.51. The minimum Gasteiger partial charge on any atom is -0.261 e. The van der Waals surface area contributed by atoms with Crippen LogP contribution in [0.1, 0.15) is 18.5 Å². The van der Waals surface area contributed by atoms with Gasteiger partial charge in [-0.25, -0.2) is 0 Å². The van der Waals surface area contributed by atoms with Crippen molar-refractivity contribution in [2.75, 3.05) is 0 Å². The van der Waals surface area contributed by atoms with E-state index in [1.165, 1.54) is 28.6 Å². The van der Waals surface area contributed by atoms with Crippen LogP contribution in [0.25, 0.3) is 10.1 Å². The zero-order valence-electron chi connectivity index (χ0n) is 8.32. The first-order valence-electron chi connectivity index (χ1n) is 5.30. The normalized spacial score (nSPS) is 18.2. The zero-order valence-corrected chi connectivity index (χ0v) is 10.7. The maximum Gasteiger partial charge on any atom is 0.0501 e. The van der Waals surface area contributed by atoms with Gasteiger partial charge in [0.1, 0.15) is 0 Å². The lowest BCUT2D eigenvalue weighted by Gasteiger charge is -2.08. The van der Waals surface area contributed by atoms with E-state index in [1.54, 1.807) is 11.3 Å². The molecule has 0 aliphatic heterocycles. The molecular weight excluding hydrogens is 270 g/mol. The van der Waals surface area contributed by atoms with Gasteiger partial charge in [0.15, 0.2) is 0 Å². The van der Waals surface area contributed by atoms with Crippen LogP contribution in [0.2, 0.25) is 0 Å². The molecule has 1 aliphatic rings. The number of thiophene rings is 1. The first-order chi connectivity index (χ1) is 7.34. The van der Waals surface area contributed by atoms with Crippen molar-refractivity contribution in [3.05, 3.63) is 29.4 Å². The Morgan fingerprint density at radius 2 is 2.33 bits per heavy atom. The zero-order chi connectivity index (χ0) is 10.3. The molecule has 0 N–H and O–H groups in total. The third kappa shape index (κ3) is 1.95. The van der Waals surface area contributed by atoms with Gasteiger partial charge in [-0.1, -0.05) is 15.9 Å². The van der Waals surface area contributed by atoms with E-state index in [1.807, 2.05) is 6.20 Å². The van der Waals surface area contributed by atoms with Gasteiger partial charge < -0.3 is 0 Å². The molecular formula is C12H12BrNS. The lowest BCUT2D eigenvalue weighted by Crippen LogP contribution is -2.06. The minimum atomic E-state index is 0.621. The Balaban J connectivity index is 1.92. The smallest absolute Gasteiger partial charge is 0.0501 e. The van der Waals surface area contributed by atoms with Crippen molar-refractivity contribution in [2.24, 2.45) is 5.92 Å². The van der Waals surface area contributed by atoms with E-state index in [2.05, 4.69) is 38.4 Å². The van der Waals surface area contributed by atoms with Crippen LogP contribution in [-0.2, 0) is 6.42 Å². The van der Waals surface area contributed by atoms with Crippen molar-refractivity contribution < 1.29 is 0 Å². The Bertz CT molecular complexity index is 475. The lowest BCUT2D eigenvalue weighted by molar-refractivity contribution is 0.751. The second-order valence-electron chi connectivity index (χ2n) is 4.15. The summed E-state index contributed by atoms with van der Waals surface area (Å²) in [6.45, 7) is 0. The van der Waals surface area contributed by atoms with Gasteiger partial charge in [0, 0.05) is 27.5 Å². The van der Waals surface area contributed by atoms with Crippen LogP contribution in [0.4, 0.5) is 0 Å². The van der Waals surface area contributed by atoms with Gasteiger partial charge in [0.2, 0.25) is 0 Å². The molecule has 15 heavy (non-hydrogen) atoms. The summed E-state index contributed by atoms with van der Waals surface area (Å²) in [5.41, 5.74) is 1.25. The van der Waals surface area contributed by atoms with Crippen molar-refractivity contribution >= 4 is 37.4 Å². The van der Waals surface area contributed by atoms with Gasteiger partial charge in [0.05, 0.1) is 5.69 Å². The summed E-state index contributed by atoms with van der Waals surface area (Å²) in [5.74, 6) is 0.890. The predicted molar refractivity (Wildman–Crippen MR) is 68.8 cm³/mol. The molecule has 2 aromatic rings. The number of halogens is 1. The Morgan fingerprint density at radius 3 is 3.13 bits per heavy atom. The number of nitrogens with zero attached hydrogens (tertiary/aromatic N) is 1. The molecule has 0 saturated heterocycles. The van der Waals surface area contributed by atoms with Crippen molar-refractivity contribution in [1.82, 2.24) is 4.98 Å². The highest BCUT2D eigenvalue weighted by Gasteiger charge is 2.29. The number of fused-ring (bicyclic) bond motifs is 1. The fourth-order valence-electron chi connectivity index (χ4n) is 1.92. The van der Waals surface area contributed by atoms with Crippen LogP contribution >= 0.6 is 27.3 Å². The second kappa shape index (κ2) is 3.87. The molecule has 1 atom stereocenters. The summed E-state index contributed by atoms with van der Waals surface area (Å²) in [7, 11) is 0. The fraction of sp³-hybridized carbons (Fsp3) is 0.417. The van der Waals surface area contributed by atoms with Crippen LogP contribution in [-0.4, -0.2) is 9.81 Å². The molecule has 1 aliphatic carbocycles. The summed E-state index contributed by atoms with van der Waals surface area (Å²) in [6.07, 6.45) is 5.77. The van der Waals surface area contributed by atoms with E-state index in [4.69, 9.17) is 0 Å². The third-order valence-electron chi connectivity index (χ3n) is 2.98. The third-order valence-corrected chi connectivity index (χ3v) is 4.94. The lowest BCUT2D eigenvalue weighted by atomic mass is 10.1. The summed E-state index contributed by atoms with van der Waals surface area (Å²) in [6, 6.07) is 4.29. The van der Waals surface area contributed by atoms with Gasteiger partial charge in [-0.05, 0) is 36.3 Å². The summed E-state index contributed by atoms with van der Waals surface area (Å²) in [4.78, 5) is 5.13. The van der Waals surface area contributed by atoms with Crippen LogP contribution in [0, 0.1) is 5.92 Å². The molecule has 0 amide bonds. The molecule has 2 aromatic heterocycles. The summed E-state index contributed by atoms with van der Waals surface area (Å²) < 4.78 is 1.36. The number of alkyl halides is 1. The van der Waals surface area contributed by atoms with Gasteiger partial charge in [-0.2, -0.15) is 0 Å². The predicted octanol–water partition coefficient (Wildman–Crippen LogP) is 4.01. The standard InChI is InChI=1S/C12H12BrNS/c13-10(8-1-2-8)7-11-9-4-6-15-12(9)3-5-14-11/h3-6,8,10H,1-2,7H2. The van der Waals surface area contributed by atoms with Crippen LogP contribution < -0.4 is 0 Å². The molecule has 0 spiro atoms. The average Bonchev–Trinajstić information content (AvgIpc) is 2.97. The number of hydrogen-bond acceptors (Lipinski definition) is 2. The highest BCUT2D eigenvalue weighted by Crippen LogP contribution is 2.38. The van der Waals surface area contributed by atoms with E-state index >= 15 is 0 Å². The molecule has 3 rings (SSSR count). The first-order valence-corrected chi connectivity index (χ1v) is 7.09. The Hall–Kier alpha value is -0.410. The van der Waals surface area contributed by atoms with Crippen LogP contribution in [0.3, 0.4) is 0 Å². The van der Waals surface area contributed by atoms with E-state index in [0.29, 0.717) is 4.83 Å². The monoisotopic (exact) mass is 281 g/mol. The minimum absolute atomic E-state index is 0.621. The number of aromatic nitrogens is 1. The maximum absolute atomic E-state index is 4.51. The van der Waals surface area contributed by atoms with E-state index in [9.17, 15) is 0 Å². The van der Waals surface area contributed by atoms with E-state index < -0.39 is 0 Å². The molecule has 1 nitrogen and oxygen atoms in total. The molecule has 78 valence electrons. The number of rotatable bonds is 3. The molecule has 0 radical (unpaired) electrons. The summed E-state index contributed by atoms with van der Waals surface area (Å²) >= 11 is 5.58. The Kier molecular flexibility index (Phi) is 2.53. The topological polar surface area (TPSA) is 12.9 Å². The van der Waals surface area contributed by atoms with Crippen molar-refractivity contribution in [1.29, 1.82) is 0 Å². The molecule has 0 aromatic carbocycles. The van der Waals surface area contributed by atoms with Crippen molar-refractivity contribution in [3.63, 3.8) is 0 Å². The second-order valence-corrected chi connectivity index (χ2v) is 6.27. The Morgan fingerprint density at radius 1 is 1.47 bits per heavy atom. The van der Waals surface area contributed by atoms with E-state index in [0.717, 1.165) is 12.3 Å². The molecule has 3 heteroatoms. The SMILES string of the molecule is BrC(Cc1nccc2sccc12)C1CC1. The largest absolute Gasteiger partial charge is 0.261 e. The van der Waals surface area contributed by atoms with Crippen LogP contribution in [0.5, 0.6) is 0 Å².